The maximum atomic E-state index is 14.5. The molecule has 0 radical (unpaired) electrons. The van der Waals surface area contributed by atoms with Gasteiger partial charge in [-0.2, -0.15) is 0 Å². The number of hydrogen-bond acceptors (Lipinski definition) is 10. The number of aliphatic hydroxyl groups excluding tert-OH is 3. The number of piperidine rings is 1. The van der Waals surface area contributed by atoms with Crippen LogP contribution in [-0.4, -0.2) is 112 Å². The molecule has 2 saturated carbocycles. The van der Waals surface area contributed by atoms with E-state index in [2.05, 4.69) is 40.3 Å². The highest BCUT2D eigenvalue weighted by Crippen LogP contribution is 2.43. The third-order valence-corrected chi connectivity index (χ3v) is 16.6. The van der Waals surface area contributed by atoms with Crippen LogP contribution < -0.4 is 0 Å². The molecule has 2 aliphatic heterocycles. The van der Waals surface area contributed by atoms with Gasteiger partial charge in [-0.3, -0.25) is 19.2 Å². The molecule has 11 nitrogen and oxygen atoms in total. The van der Waals surface area contributed by atoms with Gasteiger partial charge in [0.1, 0.15) is 29.7 Å². The summed E-state index contributed by atoms with van der Waals surface area (Å²) >= 11 is 0. The molecule has 0 spiro atoms. The first-order valence-corrected chi connectivity index (χ1v) is 25.5. The third-order valence-electron chi connectivity index (χ3n) is 16.6. The van der Waals surface area contributed by atoms with E-state index in [0.29, 0.717) is 56.1 Å². The zero-order valence-corrected chi connectivity index (χ0v) is 41.8. The van der Waals surface area contributed by atoms with Gasteiger partial charge >= 0.3 is 0 Å². The van der Waals surface area contributed by atoms with Crippen molar-refractivity contribution in [1.29, 1.82) is 0 Å². The molecule has 2 heterocycles. The maximum Gasteiger partial charge on any atom is 0.293 e. The molecule has 4 rings (SSSR count). The Balaban J connectivity index is 1.67. The summed E-state index contributed by atoms with van der Waals surface area (Å²) in [5.41, 5.74) is 0.691. The summed E-state index contributed by atoms with van der Waals surface area (Å²) in [6.07, 6.45) is 11.9. The molecular weight excluding hydrogens is 823 g/mol. The second-order valence-corrected chi connectivity index (χ2v) is 21.4. The smallest absolute Gasteiger partial charge is 0.293 e. The number of allylic oxidation sites excluding steroid dienone is 3. The van der Waals surface area contributed by atoms with E-state index in [0.717, 1.165) is 76.2 Å². The van der Waals surface area contributed by atoms with Crippen LogP contribution >= 0.6 is 0 Å². The fourth-order valence-corrected chi connectivity index (χ4v) is 11.9. The Morgan fingerprint density at radius 2 is 1.57 bits per heavy atom. The lowest BCUT2D eigenvalue weighted by Crippen LogP contribution is -2.58. The molecule has 65 heavy (non-hydrogen) atoms. The zero-order valence-electron chi connectivity index (χ0n) is 41.8. The summed E-state index contributed by atoms with van der Waals surface area (Å²) in [5, 5.41) is 45.4. The van der Waals surface area contributed by atoms with Crippen molar-refractivity contribution < 1.29 is 49.1 Å². The first-order chi connectivity index (χ1) is 30.7. The highest BCUT2D eigenvalue weighted by atomic mass is 16.5. The largest absolute Gasteiger partial charge is 0.393 e. The Kier molecular flexibility index (Phi) is 21.8. The Hall–Kier alpha value is -2.54. The highest BCUT2D eigenvalue weighted by molar-refractivity contribution is 6.39. The molecule has 1 amide bonds. The molecule has 370 valence electrons. The van der Waals surface area contributed by atoms with E-state index in [-0.39, 0.29) is 66.8 Å². The van der Waals surface area contributed by atoms with Crippen molar-refractivity contribution >= 4 is 23.3 Å². The van der Waals surface area contributed by atoms with Crippen LogP contribution in [0, 0.1) is 47.3 Å². The van der Waals surface area contributed by atoms with Crippen molar-refractivity contribution in [3.63, 3.8) is 0 Å². The summed E-state index contributed by atoms with van der Waals surface area (Å²) in [7, 11) is 3.08. The molecule has 0 aromatic rings. The van der Waals surface area contributed by atoms with E-state index in [9.17, 15) is 39.6 Å². The topological polar surface area (TPSA) is 171 Å². The van der Waals surface area contributed by atoms with Gasteiger partial charge in [0, 0.05) is 39.5 Å². The molecule has 11 heteroatoms. The predicted octanol–water partition coefficient (Wildman–Crippen LogP) is 8.68. The van der Waals surface area contributed by atoms with Crippen LogP contribution in [0.1, 0.15) is 170 Å². The molecule has 2 aliphatic carbocycles. The van der Waals surface area contributed by atoms with Gasteiger partial charge < -0.3 is 34.8 Å². The molecule has 3 fully saturated rings. The van der Waals surface area contributed by atoms with E-state index in [1.807, 2.05) is 6.92 Å². The molecule has 1 unspecified atom stereocenters. The summed E-state index contributed by atoms with van der Waals surface area (Å²) in [4.78, 5) is 58.4. The second kappa shape index (κ2) is 25.7. The Morgan fingerprint density at radius 1 is 0.862 bits per heavy atom. The number of aliphatic hydroxyl groups is 4. The summed E-state index contributed by atoms with van der Waals surface area (Å²) < 4.78 is 11.3. The summed E-state index contributed by atoms with van der Waals surface area (Å²) in [5.74, 6) is -1.80. The van der Waals surface area contributed by atoms with Gasteiger partial charge in [0.15, 0.2) is 5.78 Å². The fraction of sp³-hybridized carbons (Fsp3) is 0.815. The lowest BCUT2D eigenvalue weighted by Gasteiger charge is -2.44. The minimum Gasteiger partial charge on any atom is -0.393 e. The SMILES string of the molecule is C=C1C[C@H]([C@H](C)C[C@@H]2CC[C@@H](C)[C@H](OC)C2)CC(=O)[C@H](C)/C=C(\C)[C@@H](O)[C@H](OC)C(=O)[C@H](O)C[C@H](O)CCCC/C=C(\C)[C@@H](CC)CC2CC[C@@H](C)[C@@](O)(C2)C(=O)C(=O)N2CCCC[C@@H]12. The highest BCUT2D eigenvalue weighted by Gasteiger charge is 2.51. The van der Waals surface area contributed by atoms with Gasteiger partial charge in [-0.05, 0) is 164 Å². The number of hydrogen-bond donors (Lipinski definition) is 4. The van der Waals surface area contributed by atoms with Crippen molar-refractivity contribution in [3.8, 4) is 0 Å². The number of nitrogens with zero attached hydrogens (tertiary/aromatic N) is 1. The zero-order chi connectivity index (χ0) is 48.2. The fourth-order valence-electron chi connectivity index (χ4n) is 11.9. The summed E-state index contributed by atoms with van der Waals surface area (Å²) in [6, 6.07) is -0.389. The van der Waals surface area contributed by atoms with E-state index >= 15 is 0 Å². The molecule has 0 aromatic heterocycles. The second-order valence-electron chi connectivity index (χ2n) is 21.4. The molecular formula is C54H89NO10. The lowest BCUT2D eigenvalue weighted by atomic mass is 9.66. The van der Waals surface area contributed by atoms with Crippen LogP contribution in [0.25, 0.3) is 0 Å². The van der Waals surface area contributed by atoms with Gasteiger partial charge in [-0.1, -0.05) is 70.9 Å². The average molecular weight is 912 g/mol. The number of carbonyl (C=O) groups excluding carboxylic acids is 4. The molecule has 4 N–H and O–H groups in total. The number of methoxy groups -OCH3 is 2. The van der Waals surface area contributed by atoms with E-state index in [1.54, 1.807) is 31.9 Å². The van der Waals surface area contributed by atoms with Crippen LogP contribution in [0.3, 0.4) is 0 Å². The van der Waals surface area contributed by atoms with Crippen LogP contribution in [0.2, 0.25) is 0 Å². The summed E-state index contributed by atoms with van der Waals surface area (Å²) in [6.45, 7) is 19.1. The molecule has 15 atom stereocenters. The van der Waals surface area contributed by atoms with Gasteiger partial charge in [0.05, 0.1) is 18.2 Å². The monoisotopic (exact) mass is 912 g/mol. The third kappa shape index (κ3) is 14.7. The van der Waals surface area contributed by atoms with Crippen molar-refractivity contribution in [1.82, 2.24) is 4.90 Å². The minimum absolute atomic E-state index is 0.0360. The molecule has 4 aliphatic rings. The first-order valence-electron chi connectivity index (χ1n) is 25.5. The number of ether oxygens (including phenoxy) is 2. The Labute approximate surface area is 392 Å². The van der Waals surface area contributed by atoms with E-state index < -0.39 is 53.4 Å². The van der Waals surface area contributed by atoms with Crippen molar-refractivity contribution in [2.75, 3.05) is 20.8 Å². The van der Waals surface area contributed by atoms with E-state index in [1.165, 1.54) is 12.7 Å². The standard InChI is InChI=1S/C54H89NO10/c1-11-42-28-41-23-21-39(8)54(63,32-41)52(61)53(62)55-24-16-15-19-45(55)36(5)27-43(35(4)26-40-22-20-34(3)48(29-40)64-9)30-46(57)37(6)25-38(7)49(59)51(65-10)50(60)47(58)31-44(56)18-14-12-13-17-33(42)2/h17,25,34-35,37,39-45,47-49,51,56,58-59,63H,5,11-16,18-24,26-32H2,1-4,6-10H3/b33-17+,38-25+/t34-,35-,37-,39-,40+,41?,42+,43+,44-,45+,47-,48-,49-,51+,54+/m1/s1. The average Bonchev–Trinajstić information content (AvgIpc) is 3.28. The van der Waals surface area contributed by atoms with Crippen LogP contribution in [0.5, 0.6) is 0 Å². The van der Waals surface area contributed by atoms with Crippen molar-refractivity contribution in [2.45, 2.75) is 213 Å². The predicted molar refractivity (Wildman–Crippen MR) is 256 cm³/mol. The quantitative estimate of drug-likeness (QED) is 0.149. The first kappa shape index (κ1) is 55.1. The van der Waals surface area contributed by atoms with Gasteiger partial charge in [0.25, 0.3) is 11.7 Å². The van der Waals surface area contributed by atoms with Crippen LogP contribution in [-0.2, 0) is 28.7 Å². The van der Waals surface area contributed by atoms with Crippen molar-refractivity contribution in [2.24, 2.45) is 47.3 Å². The number of fused-ring (bicyclic) bond motifs is 3. The number of rotatable bonds is 6. The Morgan fingerprint density at radius 3 is 2.25 bits per heavy atom. The maximum absolute atomic E-state index is 14.5. The number of Topliss-reactive ketones (excluding diaryl/α,β-unsaturated/α-hetero) is 3. The normalized spacial score (nSPS) is 40.0. The Bertz CT molecular complexity index is 1660. The lowest BCUT2D eigenvalue weighted by molar-refractivity contribution is -0.164. The van der Waals surface area contributed by atoms with Gasteiger partial charge in [0.2, 0.25) is 0 Å². The molecule has 0 aromatic carbocycles. The molecule has 2 bridgehead atoms. The van der Waals surface area contributed by atoms with Gasteiger partial charge in [-0.15, -0.1) is 0 Å². The van der Waals surface area contributed by atoms with Gasteiger partial charge in [-0.25, -0.2) is 0 Å². The van der Waals surface area contributed by atoms with Crippen LogP contribution in [0.15, 0.2) is 35.5 Å². The number of amides is 1. The molecule has 1 saturated heterocycles. The number of ketones is 3. The number of carbonyl (C=O) groups is 4. The minimum atomic E-state index is -1.75. The van der Waals surface area contributed by atoms with Crippen LogP contribution in [0.4, 0.5) is 0 Å². The van der Waals surface area contributed by atoms with Crippen molar-refractivity contribution in [3.05, 3.63) is 35.5 Å². The van der Waals surface area contributed by atoms with E-state index in [4.69, 9.17) is 9.47 Å².